The van der Waals surface area contributed by atoms with Crippen LogP contribution in [0, 0.1) is 5.92 Å². The Bertz CT molecular complexity index is 935. The molecule has 4 nitrogen and oxygen atoms in total. The zero-order chi connectivity index (χ0) is 25.1. The van der Waals surface area contributed by atoms with Crippen molar-refractivity contribution in [3.63, 3.8) is 0 Å². The molecule has 2 aromatic rings. The summed E-state index contributed by atoms with van der Waals surface area (Å²) in [5, 5.41) is 23.2. The van der Waals surface area contributed by atoms with E-state index < -0.39 is 23.4 Å². The van der Waals surface area contributed by atoms with E-state index in [0.717, 1.165) is 17.9 Å². The van der Waals surface area contributed by atoms with E-state index in [0.29, 0.717) is 18.6 Å². The van der Waals surface area contributed by atoms with Crippen LogP contribution >= 0.6 is 0 Å². The van der Waals surface area contributed by atoms with Gasteiger partial charge in [-0.25, -0.2) is 0 Å². The fourth-order valence-corrected chi connectivity index (χ4v) is 8.52. The van der Waals surface area contributed by atoms with E-state index in [1.165, 1.54) is 16.7 Å². The molecule has 2 aliphatic rings. The Morgan fingerprint density at radius 3 is 2.14 bits per heavy atom. The van der Waals surface area contributed by atoms with Crippen molar-refractivity contribution in [2.75, 3.05) is 12.9 Å². The molecule has 2 N–H and O–H groups in total. The van der Waals surface area contributed by atoms with E-state index in [1.54, 1.807) is 7.11 Å². The number of rotatable bonds is 10. The Kier molecular flexibility index (Phi) is 8.45. The Morgan fingerprint density at radius 1 is 1.06 bits per heavy atom. The molecule has 0 bridgehead atoms. The molecule has 0 radical (unpaired) electrons. The Morgan fingerprint density at radius 2 is 1.63 bits per heavy atom. The van der Waals surface area contributed by atoms with Crippen LogP contribution in [0.2, 0.25) is 0 Å². The first-order valence-electron chi connectivity index (χ1n) is 12.7. The van der Waals surface area contributed by atoms with Crippen LogP contribution in [0.4, 0.5) is 0 Å². The average Bonchev–Trinajstić information content (AvgIpc) is 3.50. The molecule has 6 unspecified atom stereocenters. The van der Waals surface area contributed by atoms with Crippen LogP contribution in [0.5, 0.6) is 0 Å². The monoisotopic (exact) mass is 497 g/mol. The van der Waals surface area contributed by atoms with E-state index >= 15 is 0 Å². The fraction of sp³-hybridized carbons (Fsp3) is 0.533. The van der Waals surface area contributed by atoms with Crippen LogP contribution in [0.1, 0.15) is 51.2 Å². The molecule has 1 heterocycles. The summed E-state index contributed by atoms with van der Waals surface area (Å²) < 4.78 is 12.2. The lowest BCUT2D eigenvalue weighted by atomic mass is 9.66. The van der Waals surface area contributed by atoms with Crippen molar-refractivity contribution >= 4 is 10.9 Å². The van der Waals surface area contributed by atoms with Gasteiger partial charge in [0.25, 0.3) is 0 Å². The molecule has 1 saturated carbocycles. The zero-order valence-corrected chi connectivity index (χ0v) is 22.3. The van der Waals surface area contributed by atoms with Gasteiger partial charge < -0.3 is 19.7 Å². The summed E-state index contributed by atoms with van der Waals surface area (Å²) in [7, 11) is 1.55. The van der Waals surface area contributed by atoms with Crippen molar-refractivity contribution in [3.05, 3.63) is 83.4 Å². The van der Waals surface area contributed by atoms with Crippen LogP contribution in [-0.4, -0.2) is 52.6 Å². The normalized spacial score (nSPS) is 32.4. The van der Waals surface area contributed by atoms with Crippen LogP contribution in [0.15, 0.2) is 72.3 Å². The van der Waals surface area contributed by atoms with Crippen molar-refractivity contribution in [1.29, 1.82) is 0 Å². The average molecular weight is 498 g/mol. The quantitative estimate of drug-likeness (QED) is 0.274. The van der Waals surface area contributed by atoms with Gasteiger partial charge in [-0.05, 0) is 50.9 Å². The Hall–Kier alpha value is -1.63. The minimum absolute atomic E-state index is 0.0295. The molecule has 2 aromatic carbocycles. The summed E-state index contributed by atoms with van der Waals surface area (Å²) in [5.41, 5.74) is 2.36. The van der Waals surface area contributed by atoms with Crippen molar-refractivity contribution in [1.82, 2.24) is 0 Å². The Labute approximate surface area is 213 Å². The van der Waals surface area contributed by atoms with Crippen LogP contribution in [0.25, 0.3) is 0 Å². The molecule has 1 saturated heterocycles. The van der Waals surface area contributed by atoms with Gasteiger partial charge in [0.05, 0.1) is 24.2 Å². The maximum atomic E-state index is 12.4. The van der Waals surface area contributed by atoms with E-state index in [-0.39, 0.29) is 22.9 Å². The van der Waals surface area contributed by atoms with Gasteiger partial charge in [-0.1, -0.05) is 72.3 Å². The molecule has 0 amide bonds. The van der Waals surface area contributed by atoms with E-state index in [4.69, 9.17) is 9.47 Å². The first-order chi connectivity index (χ1) is 16.7. The molecule has 35 heavy (non-hydrogen) atoms. The van der Waals surface area contributed by atoms with Gasteiger partial charge in [0, 0.05) is 18.2 Å². The zero-order valence-electron chi connectivity index (χ0n) is 21.5. The Balaban J connectivity index is 1.62. The molecule has 0 aromatic heterocycles. The number of hydrogen-bond acceptors (Lipinski definition) is 4. The van der Waals surface area contributed by atoms with Gasteiger partial charge in [-0.15, -0.1) is 0 Å². The largest absolute Gasteiger partial charge is 0.390 e. The maximum absolute atomic E-state index is 12.4. The lowest BCUT2D eigenvalue weighted by Gasteiger charge is -2.47. The van der Waals surface area contributed by atoms with E-state index in [9.17, 15) is 10.2 Å². The molecular weight excluding hydrogens is 456 g/mol. The molecule has 2 fully saturated rings. The summed E-state index contributed by atoms with van der Waals surface area (Å²) in [5.74, 6) is 2.22. The van der Waals surface area contributed by atoms with Crippen LogP contribution in [-0.2, 0) is 31.9 Å². The van der Waals surface area contributed by atoms with Gasteiger partial charge >= 0.3 is 0 Å². The summed E-state index contributed by atoms with van der Waals surface area (Å²) in [6, 6.07) is 21.1. The molecule has 1 aliphatic heterocycles. The highest BCUT2D eigenvalue weighted by molar-refractivity contribution is 7.95. The molecule has 4 rings (SSSR count). The summed E-state index contributed by atoms with van der Waals surface area (Å²) >= 11 is 0. The highest BCUT2D eigenvalue weighted by Gasteiger charge is 2.68. The van der Waals surface area contributed by atoms with E-state index in [1.807, 2.05) is 12.1 Å². The summed E-state index contributed by atoms with van der Waals surface area (Å²) in [6.07, 6.45) is 3.09. The summed E-state index contributed by atoms with van der Waals surface area (Å²) in [4.78, 5) is 0. The maximum Gasteiger partial charge on any atom is 0.137 e. The minimum atomic E-state index is -0.971. The summed E-state index contributed by atoms with van der Waals surface area (Å²) in [6.45, 7) is 6.29. The predicted molar refractivity (Wildman–Crippen MR) is 144 cm³/mol. The standard InChI is InChI=1S/C30H41O4S/c1-22(2)15-16-26-29(3,34-26)28-27(33-4)25(31)17-18-30(28,32)21-35(19-23-11-7-5-8-12-23)20-24-13-9-6-10-14-24/h5-15,25-28,31-32H,16-21H2,1-4H3/q+1. The number of benzene rings is 2. The molecule has 5 heteroatoms. The molecular formula is C30H41O4S+. The minimum Gasteiger partial charge on any atom is -0.390 e. The van der Waals surface area contributed by atoms with Crippen molar-refractivity contribution in [3.8, 4) is 0 Å². The number of aliphatic hydroxyl groups excluding tert-OH is 1. The number of epoxide rings is 1. The third kappa shape index (κ3) is 6.20. The fourth-order valence-electron chi connectivity index (χ4n) is 5.86. The number of allylic oxidation sites excluding steroid dienone is 1. The predicted octanol–water partition coefficient (Wildman–Crippen LogP) is 5.04. The van der Waals surface area contributed by atoms with Gasteiger partial charge in [0.15, 0.2) is 0 Å². The number of aliphatic hydroxyl groups is 2. The van der Waals surface area contributed by atoms with Crippen LogP contribution < -0.4 is 0 Å². The SMILES string of the molecule is COC1C(O)CCC(O)(C[S+](Cc2ccccc2)Cc2ccccc2)C1C1(C)OC1CC=C(C)C. The number of hydrogen-bond donors (Lipinski definition) is 2. The second-order valence-corrected chi connectivity index (χ2v) is 12.8. The molecule has 6 atom stereocenters. The lowest BCUT2D eigenvalue weighted by molar-refractivity contribution is -0.169. The molecule has 1 aliphatic carbocycles. The lowest BCUT2D eigenvalue weighted by Crippen LogP contribution is -2.62. The third-order valence-corrected chi connectivity index (χ3v) is 10.0. The second-order valence-electron chi connectivity index (χ2n) is 10.7. The topological polar surface area (TPSA) is 62.2 Å². The third-order valence-electron chi connectivity index (χ3n) is 7.65. The van der Waals surface area contributed by atoms with Crippen molar-refractivity contribution in [2.24, 2.45) is 5.92 Å². The first-order valence-corrected chi connectivity index (χ1v) is 14.4. The highest BCUT2D eigenvalue weighted by atomic mass is 32.2. The van der Waals surface area contributed by atoms with Crippen molar-refractivity contribution < 1.29 is 19.7 Å². The first kappa shape index (κ1) is 26.4. The van der Waals surface area contributed by atoms with Crippen molar-refractivity contribution in [2.45, 2.75) is 81.1 Å². The second kappa shape index (κ2) is 11.2. The number of ether oxygens (including phenoxy) is 2. The van der Waals surface area contributed by atoms with Gasteiger partial charge in [-0.3, -0.25) is 0 Å². The smallest absolute Gasteiger partial charge is 0.137 e. The molecule has 190 valence electrons. The van der Waals surface area contributed by atoms with Gasteiger partial charge in [0.2, 0.25) is 0 Å². The highest BCUT2D eigenvalue weighted by Crippen LogP contribution is 2.54. The number of methoxy groups -OCH3 is 1. The van der Waals surface area contributed by atoms with Gasteiger partial charge in [-0.2, -0.15) is 0 Å². The van der Waals surface area contributed by atoms with Crippen LogP contribution in [0.3, 0.4) is 0 Å². The van der Waals surface area contributed by atoms with E-state index in [2.05, 4.69) is 75.4 Å². The van der Waals surface area contributed by atoms with Gasteiger partial charge in [0.1, 0.15) is 28.5 Å². The molecule has 0 spiro atoms.